The summed E-state index contributed by atoms with van der Waals surface area (Å²) < 4.78 is 0. The molecule has 0 bridgehead atoms. The fraction of sp³-hybridized carbons (Fsp3) is 0.333. The van der Waals surface area contributed by atoms with Gasteiger partial charge in [0, 0.05) is 31.4 Å². The predicted molar refractivity (Wildman–Crippen MR) is 131 cm³/mol. The average molecular weight is 456 g/mol. The maximum absolute atomic E-state index is 13.3. The van der Waals surface area contributed by atoms with Crippen LogP contribution in [0, 0.1) is 5.92 Å². The Labute approximate surface area is 199 Å². The van der Waals surface area contributed by atoms with Gasteiger partial charge in [-0.15, -0.1) is 5.10 Å². The molecule has 3 aromatic rings. The molecule has 0 aliphatic carbocycles. The molecule has 0 unspecified atom stereocenters. The smallest absolute Gasteiger partial charge is 0.253 e. The van der Waals surface area contributed by atoms with Crippen molar-refractivity contribution in [1.29, 1.82) is 0 Å². The fourth-order valence-electron chi connectivity index (χ4n) is 4.91. The number of piperidine rings is 1. The molecule has 34 heavy (non-hydrogen) atoms. The van der Waals surface area contributed by atoms with Gasteiger partial charge >= 0.3 is 0 Å². The molecule has 7 nitrogen and oxygen atoms in total. The number of hydrogen-bond acceptors (Lipinski definition) is 5. The van der Waals surface area contributed by atoms with E-state index in [1.807, 2.05) is 53.4 Å². The zero-order chi connectivity index (χ0) is 23.3. The second-order valence-electron chi connectivity index (χ2n) is 8.97. The Bertz CT molecular complexity index is 1110. The largest absolute Gasteiger partial charge is 0.339 e. The van der Waals surface area contributed by atoms with E-state index in [1.165, 1.54) is 5.56 Å². The van der Waals surface area contributed by atoms with Gasteiger partial charge in [0.1, 0.15) is 0 Å². The van der Waals surface area contributed by atoms with Crippen LogP contribution >= 0.6 is 0 Å². The number of hydrogen-bond donors (Lipinski definition) is 1. The number of rotatable bonds is 5. The second kappa shape index (κ2) is 10.1. The third kappa shape index (κ3) is 4.70. The summed E-state index contributed by atoms with van der Waals surface area (Å²) in [5.74, 6) is 1.03. The number of anilines is 2. The molecular weight excluding hydrogens is 426 g/mol. The lowest BCUT2D eigenvalue weighted by molar-refractivity contribution is -0.121. The van der Waals surface area contributed by atoms with Crippen molar-refractivity contribution in [1.82, 2.24) is 20.4 Å². The number of amides is 2. The standard InChI is InChI=1S/C27H29N5O2/c33-26(22-5-2-1-3-6-22)31-17-13-21(14-18-31)20-8-10-24(11-9-20)32(25-7-4-15-29-30-25)27(34)23-12-16-28-19-23/h1-11,15,21,23,28H,12-14,16-19H2/t23-/m0/s1. The van der Waals surface area contributed by atoms with Gasteiger partial charge in [0.15, 0.2) is 5.82 Å². The third-order valence-corrected chi connectivity index (χ3v) is 6.84. The van der Waals surface area contributed by atoms with Crippen molar-refractivity contribution in [2.75, 3.05) is 31.1 Å². The third-order valence-electron chi connectivity index (χ3n) is 6.84. The number of nitrogens with one attached hydrogen (secondary N) is 1. The molecule has 0 radical (unpaired) electrons. The first-order valence-electron chi connectivity index (χ1n) is 12.0. The summed E-state index contributed by atoms with van der Waals surface area (Å²) in [5, 5.41) is 11.5. The highest BCUT2D eigenvalue weighted by molar-refractivity contribution is 6.01. The number of likely N-dealkylation sites (tertiary alicyclic amines) is 1. The van der Waals surface area contributed by atoms with Crippen LogP contribution in [0.15, 0.2) is 72.9 Å². The van der Waals surface area contributed by atoms with E-state index >= 15 is 0 Å². The topological polar surface area (TPSA) is 78.4 Å². The molecule has 1 N–H and O–H groups in total. The van der Waals surface area contributed by atoms with Crippen molar-refractivity contribution in [3.05, 3.63) is 84.1 Å². The summed E-state index contributed by atoms with van der Waals surface area (Å²) in [6.45, 7) is 3.04. The summed E-state index contributed by atoms with van der Waals surface area (Å²) in [4.78, 5) is 29.7. The van der Waals surface area contributed by atoms with E-state index in [4.69, 9.17) is 0 Å². The van der Waals surface area contributed by atoms with Crippen LogP contribution in [0.5, 0.6) is 0 Å². The van der Waals surface area contributed by atoms with Crippen molar-refractivity contribution < 1.29 is 9.59 Å². The highest BCUT2D eigenvalue weighted by Gasteiger charge is 2.30. The molecule has 3 heterocycles. The Kier molecular flexibility index (Phi) is 6.62. The minimum Gasteiger partial charge on any atom is -0.339 e. The molecule has 2 aliphatic rings. The van der Waals surface area contributed by atoms with Gasteiger partial charge in [-0.1, -0.05) is 30.3 Å². The van der Waals surface area contributed by atoms with Crippen LogP contribution < -0.4 is 10.2 Å². The Morgan fingerprint density at radius 1 is 0.912 bits per heavy atom. The zero-order valence-electron chi connectivity index (χ0n) is 19.1. The van der Waals surface area contributed by atoms with Crippen LogP contribution in [0.1, 0.15) is 41.1 Å². The summed E-state index contributed by atoms with van der Waals surface area (Å²) in [6, 6.07) is 21.3. The molecule has 7 heteroatoms. The van der Waals surface area contributed by atoms with Crippen molar-refractivity contribution in [3.8, 4) is 0 Å². The lowest BCUT2D eigenvalue weighted by atomic mass is 9.89. The van der Waals surface area contributed by atoms with Crippen molar-refractivity contribution in [2.45, 2.75) is 25.2 Å². The molecule has 2 saturated heterocycles. The number of carbonyl (C=O) groups is 2. The lowest BCUT2D eigenvalue weighted by Crippen LogP contribution is -2.37. The maximum Gasteiger partial charge on any atom is 0.253 e. The number of nitrogens with zero attached hydrogens (tertiary/aromatic N) is 4. The first-order valence-corrected chi connectivity index (χ1v) is 12.0. The van der Waals surface area contributed by atoms with E-state index in [0.717, 1.165) is 50.1 Å². The first-order chi connectivity index (χ1) is 16.7. The summed E-state index contributed by atoms with van der Waals surface area (Å²) in [6.07, 6.45) is 4.30. The summed E-state index contributed by atoms with van der Waals surface area (Å²) >= 11 is 0. The van der Waals surface area contributed by atoms with Gasteiger partial charge in [-0.2, -0.15) is 5.10 Å². The molecule has 2 amide bonds. The summed E-state index contributed by atoms with van der Waals surface area (Å²) in [5.41, 5.74) is 2.79. The number of aromatic nitrogens is 2. The van der Waals surface area contributed by atoms with E-state index in [9.17, 15) is 9.59 Å². The second-order valence-corrected chi connectivity index (χ2v) is 8.97. The molecule has 2 aliphatic heterocycles. The molecule has 2 aromatic carbocycles. The van der Waals surface area contributed by atoms with Gasteiger partial charge in [-0.05, 0) is 73.7 Å². The Morgan fingerprint density at radius 2 is 1.68 bits per heavy atom. The Hall–Kier alpha value is -3.58. The van der Waals surface area contributed by atoms with Gasteiger partial charge in [-0.25, -0.2) is 0 Å². The maximum atomic E-state index is 13.3. The monoisotopic (exact) mass is 455 g/mol. The Balaban J connectivity index is 1.29. The number of carbonyl (C=O) groups excluding carboxylic acids is 2. The van der Waals surface area contributed by atoms with Gasteiger partial charge < -0.3 is 10.2 Å². The normalized spacial score (nSPS) is 18.6. The van der Waals surface area contributed by atoms with Crippen molar-refractivity contribution in [2.24, 2.45) is 5.92 Å². The van der Waals surface area contributed by atoms with Crippen molar-refractivity contribution >= 4 is 23.3 Å². The van der Waals surface area contributed by atoms with E-state index < -0.39 is 0 Å². The average Bonchev–Trinajstić information content (AvgIpc) is 3.45. The minimum atomic E-state index is -0.0619. The van der Waals surface area contributed by atoms with Crippen LogP contribution in [-0.4, -0.2) is 53.1 Å². The van der Waals surface area contributed by atoms with Crippen LogP contribution in [0.2, 0.25) is 0 Å². The van der Waals surface area contributed by atoms with Gasteiger partial charge in [0.05, 0.1) is 11.6 Å². The first kappa shape index (κ1) is 22.2. The van der Waals surface area contributed by atoms with Crippen LogP contribution in [0.4, 0.5) is 11.5 Å². The molecular formula is C27H29N5O2. The van der Waals surface area contributed by atoms with E-state index in [1.54, 1.807) is 17.2 Å². The molecule has 1 atom stereocenters. The van der Waals surface area contributed by atoms with Crippen LogP contribution in [0.3, 0.4) is 0 Å². The van der Waals surface area contributed by atoms with Gasteiger partial charge in [-0.3, -0.25) is 14.5 Å². The molecule has 1 aromatic heterocycles. The molecule has 2 fully saturated rings. The predicted octanol–water partition coefficient (Wildman–Crippen LogP) is 3.77. The minimum absolute atomic E-state index is 0.0472. The number of benzene rings is 2. The molecule has 174 valence electrons. The molecule has 5 rings (SSSR count). The summed E-state index contributed by atoms with van der Waals surface area (Å²) in [7, 11) is 0. The van der Waals surface area contributed by atoms with E-state index in [0.29, 0.717) is 18.3 Å². The van der Waals surface area contributed by atoms with E-state index in [2.05, 4.69) is 27.6 Å². The Morgan fingerprint density at radius 3 is 2.32 bits per heavy atom. The van der Waals surface area contributed by atoms with E-state index in [-0.39, 0.29) is 17.7 Å². The SMILES string of the molecule is O=C(c1ccccc1)N1CCC(c2ccc(N(C(=O)[C@H]3CCNC3)c3cccnn3)cc2)CC1. The van der Waals surface area contributed by atoms with Crippen LogP contribution in [0.25, 0.3) is 0 Å². The lowest BCUT2D eigenvalue weighted by Gasteiger charge is -2.32. The molecule has 0 saturated carbocycles. The zero-order valence-corrected chi connectivity index (χ0v) is 19.1. The van der Waals surface area contributed by atoms with Gasteiger partial charge in [0.25, 0.3) is 5.91 Å². The molecule has 0 spiro atoms. The van der Waals surface area contributed by atoms with Crippen LogP contribution in [-0.2, 0) is 4.79 Å². The highest BCUT2D eigenvalue weighted by Crippen LogP contribution is 2.32. The quantitative estimate of drug-likeness (QED) is 0.634. The van der Waals surface area contributed by atoms with Crippen molar-refractivity contribution in [3.63, 3.8) is 0 Å². The van der Waals surface area contributed by atoms with Gasteiger partial charge in [0.2, 0.25) is 5.91 Å². The highest BCUT2D eigenvalue weighted by atomic mass is 16.2. The fourth-order valence-corrected chi connectivity index (χ4v) is 4.91.